The van der Waals surface area contributed by atoms with E-state index in [9.17, 15) is 18.0 Å². The molecule has 1 unspecified atom stereocenters. The van der Waals surface area contributed by atoms with Gasteiger partial charge in [0.05, 0.1) is 0 Å². The lowest BCUT2D eigenvalue weighted by molar-refractivity contribution is -0.145. The van der Waals surface area contributed by atoms with Gasteiger partial charge in [0.2, 0.25) is 0 Å². The minimum absolute atomic E-state index is 0.0356. The number of alkyl carbamates (subject to hydrolysis) is 1. The molecule has 0 bridgehead atoms. The molecule has 7 nitrogen and oxygen atoms in total. The highest BCUT2D eigenvalue weighted by Gasteiger charge is 2.25. The Hall–Kier alpha value is -1.57. The van der Waals surface area contributed by atoms with Crippen molar-refractivity contribution in [1.29, 1.82) is 0 Å². The first kappa shape index (κ1) is 21.4. The topological polar surface area (TPSA) is 98.8 Å². The summed E-state index contributed by atoms with van der Waals surface area (Å²) >= 11 is 0. The molecule has 0 aliphatic heterocycles. The van der Waals surface area contributed by atoms with E-state index in [4.69, 9.17) is 9.47 Å². The Bertz CT molecular complexity index is 507. The highest BCUT2D eigenvalue weighted by Crippen LogP contribution is 2.09. The van der Waals surface area contributed by atoms with Crippen LogP contribution in [0.1, 0.15) is 40.0 Å². The highest BCUT2D eigenvalue weighted by atomic mass is 32.2. The van der Waals surface area contributed by atoms with Crippen LogP contribution in [0.5, 0.6) is 0 Å². The summed E-state index contributed by atoms with van der Waals surface area (Å²) < 4.78 is 32.2. The van der Waals surface area contributed by atoms with Crippen LogP contribution >= 0.6 is 0 Å². The third-order valence-electron chi connectivity index (χ3n) is 2.58. The molecule has 0 aliphatic carbocycles. The zero-order chi connectivity index (χ0) is 18.1. The largest absolute Gasteiger partial charge is 0.460 e. The van der Waals surface area contributed by atoms with Crippen molar-refractivity contribution in [1.82, 2.24) is 5.32 Å². The molecule has 1 amide bonds. The molecule has 0 aromatic heterocycles. The van der Waals surface area contributed by atoms with Crippen LogP contribution in [0.15, 0.2) is 12.7 Å². The Morgan fingerprint density at radius 2 is 1.87 bits per heavy atom. The molecular formula is C15H27NO6S. The van der Waals surface area contributed by atoms with Gasteiger partial charge in [-0.05, 0) is 40.0 Å². The molecule has 1 atom stereocenters. The van der Waals surface area contributed by atoms with Crippen molar-refractivity contribution in [2.75, 3.05) is 18.6 Å². The van der Waals surface area contributed by atoms with E-state index in [1.807, 2.05) is 0 Å². The first-order valence-electron chi connectivity index (χ1n) is 7.39. The summed E-state index contributed by atoms with van der Waals surface area (Å²) in [7, 11) is -3.05. The number of nitrogens with one attached hydrogen (secondary N) is 1. The standard InChI is InChI=1S/C15H27NO6S/c1-6-10-21-13(17)12(9-7-8-11-23(5,19)20)16-14(18)22-15(2,3)4/h6,12H,1,7-11H2,2-5H3,(H,16,18). The lowest BCUT2D eigenvalue weighted by Crippen LogP contribution is -2.44. The number of ether oxygens (including phenoxy) is 2. The fourth-order valence-electron chi connectivity index (χ4n) is 1.65. The number of hydrogen-bond acceptors (Lipinski definition) is 6. The Morgan fingerprint density at radius 1 is 1.26 bits per heavy atom. The van der Waals surface area contributed by atoms with Crippen molar-refractivity contribution in [2.24, 2.45) is 0 Å². The summed E-state index contributed by atoms with van der Waals surface area (Å²) in [5.41, 5.74) is -0.685. The van der Waals surface area contributed by atoms with Crippen molar-refractivity contribution in [3.05, 3.63) is 12.7 Å². The number of carbonyl (C=O) groups is 2. The van der Waals surface area contributed by atoms with Crippen LogP contribution in [0.4, 0.5) is 4.79 Å². The van der Waals surface area contributed by atoms with Gasteiger partial charge in [0.1, 0.15) is 28.1 Å². The van der Waals surface area contributed by atoms with E-state index in [-0.39, 0.29) is 18.8 Å². The fraction of sp³-hybridized carbons (Fsp3) is 0.733. The van der Waals surface area contributed by atoms with Crippen molar-refractivity contribution in [3.63, 3.8) is 0 Å². The molecule has 0 radical (unpaired) electrons. The second-order valence-electron chi connectivity index (χ2n) is 6.24. The maximum atomic E-state index is 11.9. The average molecular weight is 349 g/mol. The minimum atomic E-state index is -3.05. The van der Waals surface area contributed by atoms with E-state index in [0.717, 1.165) is 6.26 Å². The highest BCUT2D eigenvalue weighted by molar-refractivity contribution is 7.90. The third kappa shape index (κ3) is 12.6. The lowest BCUT2D eigenvalue weighted by atomic mass is 10.1. The Balaban J connectivity index is 4.59. The van der Waals surface area contributed by atoms with Gasteiger partial charge in [-0.15, -0.1) is 0 Å². The number of hydrogen-bond donors (Lipinski definition) is 1. The number of rotatable bonds is 9. The average Bonchev–Trinajstić information content (AvgIpc) is 2.36. The van der Waals surface area contributed by atoms with Gasteiger partial charge in [0.15, 0.2) is 0 Å². The van der Waals surface area contributed by atoms with Crippen molar-refractivity contribution < 1.29 is 27.5 Å². The lowest BCUT2D eigenvalue weighted by Gasteiger charge is -2.22. The molecule has 0 saturated heterocycles. The number of amides is 1. The monoisotopic (exact) mass is 349 g/mol. The van der Waals surface area contributed by atoms with Crippen LogP contribution in [-0.4, -0.2) is 50.7 Å². The van der Waals surface area contributed by atoms with Crippen LogP contribution in [0.2, 0.25) is 0 Å². The molecule has 8 heteroatoms. The molecule has 0 aromatic rings. The summed E-state index contributed by atoms with van der Waals surface area (Å²) in [5, 5.41) is 2.46. The minimum Gasteiger partial charge on any atom is -0.460 e. The van der Waals surface area contributed by atoms with Crippen molar-refractivity contribution >= 4 is 21.9 Å². The van der Waals surface area contributed by atoms with Gasteiger partial charge in [-0.2, -0.15) is 0 Å². The van der Waals surface area contributed by atoms with Crippen LogP contribution in [0.3, 0.4) is 0 Å². The molecule has 0 spiro atoms. The molecule has 0 saturated carbocycles. The maximum Gasteiger partial charge on any atom is 0.408 e. The molecule has 1 N–H and O–H groups in total. The van der Waals surface area contributed by atoms with Gasteiger partial charge in [-0.25, -0.2) is 18.0 Å². The molecule has 0 heterocycles. The molecule has 0 fully saturated rings. The van der Waals surface area contributed by atoms with Gasteiger partial charge < -0.3 is 14.8 Å². The van der Waals surface area contributed by atoms with Crippen LogP contribution in [-0.2, 0) is 24.1 Å². The van der Waals surface area contributed by atoms with E-state index in [2.05, 4.69) is 11.9 Å². The summed E-state index contributed by atoms with van der Waals surface area (Å²) in [6, 6.07) is -0.885. The molecular weight excluding hydrogens is 322 g/mol. The first-order chi connectivity index (χ1) is 10.4. The summed E-state index contributed by atoms with van der Waals surface area (Å²) in [6.07, 6.45) is 2.98. The number of sulfone groups is 1. The van der Waals surface area contributed by atoms with Crippen LogP contribution < -0.4 is 5.32 Å². The van der Waals surface area contributed by atoms with E-state index >= 15 is 0 Å². The van der Waals surface area contributed by atoms with Gasteiger partial charge in [0.25, 0.3) is 0 Å². The Morgan fingerprint density at radius 3 is 2.35 bits per heavy atom. The van der Waals surface area contributed by atoms with E-state index in [0.29, 0.717) is 12.8 Å². The van der Waals surface area contributed by atoms with Gasteiger partial charge in [-0.1, -0.05) is 12.7 Å². The maximum absolute atomic E-state index is 11.9. The Labute approximate surface area is 138 Å². The third-order valence-corrected chi connectivity index (χ3v) is 3.61. The molecule has 23 heavy (non-hydrogen) atoms. The molecule has 0 aromatic carbocycles. The van der Waals surface area contributed by atoms with Crippen LogP contribution in [0, 0.1) is 0 Å². The zero-order valence-electron chi connectivity index (χ0n) is 14.3. The summed E-state index contributed by atoms with van der Waals surface area (Å²) in [4.78, 5) is 23.7. The van der Waals surface area contributed by atoms with E-state index in [1.54, 1.807) is 20.8 Å². The second kappa shape index (κ2) is 9.54. The van der Waals surface area contributed by atoms with Gasteiger partial charge in [0, 0.05) is 12.0 Å². The number of carbonyl (C=O) groups excluding carboxylic acids is 2. The fourth-order valence-corrected chi connectivity index (χ4v) is 2.38. The molecule has 0 rings (SSSR count). The van der Waals surface area contributed by atoms with Gasteiger partial charge >= 0.3 is 12.1 Å². The zero-order valence-corrected chi connectivity index (χ0v) is 15.1. The van der Waals surface area contributed by atoms with Crippen molar-refractivity contribution in [2.45, 2.75) is 51.7 Å². The SMILES string of the molecule is C=CCOC(=O)C(CCCCS(C)(=O)=O)NC(=O)OC(C)(C)C. The van der Waals surface area contributed by atoms with Crippen molar-refractivity contribution in [3.8, 4) is 0 Å². The quantitative estimate of drug-likeness (QED) is 0.387. The molecule has 0 aliphatic rings. The summed E-state index contributed by atoms with van der Waals surface area (Å²) in [5.74, 6) is -0.566. The molecule has 134 valence electrons. The number of esters is 1. The predicted molar refractivity (Wildman–Crippen MR) is 87.9 cm³/mol. The smallest absolute Gasteiger partial charge is 0.408 e. The predicted octanol–water partition coefficient (Wildman–Crippen LogP) is 1.82. The second-order valence-corrected chi connectivity index (χ2v) is 8.50. The van der Waals surface area contributed by atoms with Gasteiger partial charge in [-0.3, -0.25) is 0 Å². The Kier molecular flexibility index (Phi) is 8.89. The first-order valence-corrected chi connectivity index (χ1v) is 9.45. The number of unbranched alkanes of at least 4 members (excludes halogenated alkanes) is 1. The normalized spacial score (nSPS) is 13.0. The van der Waals surface area contributed by atoms with E-state index in [1.165, 1.54) is 6.08 Å². The summed E-state index contributed by atoms with van der Waals surface area (Å²) in [6.45, 7) is 8.62. The van der Waals surface area contributed by atoms with E-state index < -0.39 is 33.5 Å². The van der Waals surface area contributed by atoms with Crippen LogP contribution in [0.25, 0.3) is 0 Å².